The highest BCUT2D eigenvalue weighted by Gasteiger charge is 2.39. The first kappa shape index (κ1) is 23.9. The van der Waals surface area contributed by atoms with Crippen molar-refractivity contribution < 1.29 is 23.5 Å². The van der Waals surface area contributed by atoms with Gasteiger partial charge in [0.05, 0.1) is 18.5 Å². The Labute approximate surface area is 217 Å². The molecule has 0 saturated carbocycles. The normalized spacial score (nSPS) is 13.2. The van der Waals surface area contributed by atoms with Crippen molar-refractivity contribution >= 4 is 40.7 Å². The van der Waals surface area contributed by atoms with E-state index in [-0.39, 0.29) is 23.2 Å². The van der Waals surface area contributed by atoms with Crippen molar-refractivity contribution in [3.8, 4) is 11.5 Å². The smallest absolute Gasteiger partial charge is 0.283 e. The van der Waals surface area contributed by atoms with Crippen molar-refractivity contribution in [3.63, 3.8) is 0 Å². The van der Waals surface area contributed by atoms with Gasteiger partial charge in [-0.1, -0.05) is 35.9 Å². The van der Waals surface area contributed by atoms with E-state index >= 15 is 0 Å². The van der Waals surface area contributed by atoms with Gasteiger partial charge in [0.15, 0.2) is 0 Å². The molecule has 37 heavy (non-hydrogen) atoms. The van der Waals surface area contributed by atoms with Crippen LogP contribution in [-0.4, -0.2) is 17.7 Å². The number of nitrogens with one attached hydrogen (secondary N) is 2. The number of carbonyl (C=O) groups is 3. The van der Waals surface area contributed by atoms with Gasteiger partial charge in [0.25, 0.3) is 17.7 Å². The molecule has 0 aliphatic carbocycles. The fourth-order valence-corrected chi connectivity index (χ4v) is 3.91. The summed E-state index contributed by atoms with van der Waals surface area (Å²) in [7, 11) is 0. The van der Waals surface area contributed by atoms with E-state index in [1.807, 2.05) is 30.3 Å². The van der Waals surface area contributed by atoms with Crippen LogP contribution in [0, 0.1) is 0 Å². The van der Waals surface area contributed by atoms with Gasteiger partial charge >= 0.3 is 0 Å². The molecular weight excluding hydrogens is 494 g/mol. The van der Waals surface area contributed by atoms with E-state index in [0.717, 1.165) is 4.90 Å². The predicted molar refractivity (Wildman–Crippen MR) is 138 cm³/mol. The number of anilines is 2. The second kappa shape index (κ2) is 10.4. The Hall–Kier alpha value is -4.82. The Bertz CT molecular complexity index is 1480. The molecule has 0 atom stereocenters. The molecule has 3 aromatic carbocycles. The number of nitrogens with zero attached hydrogens (tertiary/aromatic N) is 1. The lowest BCUT2D eigenvalue weighted by Crippen LogP contribution is -2.32. The molecular formula is C28H20ClN3O5. The summed E-state index contributed by atoms with van der Waals surface area (Å²) in [5, 5.41) is 5.40. The molecule has 8 nitrogen and oxygen atoms in total. The molecule has 9 heteroatoms. The molecule has 2 N–H and O–H groups in total. The van der Waals surface area contributed by atoms with Gasteiger partial charge in [0.2, 0.25) is 0 Å². The fraction of sp³-hybridized carbons (Fsp3) is 0.0357. The van der Waals surface area contributed by atoms with E-state index < -0.39 is 11.8 Å². The third-order valence-electron chi connectivity index (χ3n) is 5.50. The Balaban J connectivity index is 1.27. The zero-order chi connectivity index (χ0) is 25.8. The maximum Gasteiger partial charge on any atom is 0.283 e. The van der Waals surface area contributed by atoms with Crippen LogP contribution in [0.4, 0.5) is 11.4 Å². The zero-order valence-electron chi connectivity index (χ0n) is 19.3. The van der Waals surface area contributed by atoms with Gasteiger partial charge in [0, 0.05) is 11.3 Å². The minimum absolute atomic E-state index is 0.0792. The summed E-state index contributed by atoms with van der Waals surface area (Å²) in [5.74, 6) is 0.241. The molecule has 0 spiro atoms. The van der Waals surface area contributed by atoms with Gasteiger partial charge < -0.3 is 19.8 Å². The Kier molecular flexibility index (Phi) is 6.74. The molecule has 1 aromatic heterocycles. The monoisotopic (exact) mass is 513 g/mol. The van der Waals surface area contributed by atoms with Crippen LogP contribution in [0.25, 0.3) is 0 Å². The highest BCUT2D eigenvalue weighted by atomic mass is 35.5. The number of halogens is 1. The molecule has 2 heterocycles. The molecule has 3 amide bonds. The number of carbonyl (C=O) groups excluding carboxylic acids is 3. The Morgan fingerprint density at radius 1 is 0.865 bits per heavy atom. The highest BCUT2D eigenvalue weighted by molar-refractivity contribution is 6.53. The third kappa shape index (κ3) is 5.24. The van der Waals surface area contributed by atoms with Crippen LogP contribution in [0.1, 0.15) is 16.1 Å². The number of rotatable bonds is 8. The molecule has 1 aliphatic heterocycles. The minimum atomic E-state index is -0.654. The van der Waals surface area contributed by atoms with Crippen LogP contribution in [0.2, 0.25) is 0 Å². The third-order valence-corrected chi connectivity index (χ3v) is 5.85. The van der Waals surface area contributed by atoms with Crippen molar-refractivity contribution in [3.05, 3.63) is 119 Å². The number of ether oxygens (including phenoxy) is 1. The summed E-state index contributed by atoms with van der Waals surface area (Å²) in [4.78, 5) is 39.5. The van der Waals surface area contributed by atoms with Crippen LogP contribution in [0.15, 0.2) is 112 Å². The maximum atomic E-state index is 13.1. The van der Waals surface area contributed by atoms with Crippen molar-refractivity contribution in [2.45, 2.75) is 6.54 Å². The number of hydrogen-bond acceptors (Lipinski definition) is 6. The number of imide groups is 1. The van der Waals surface area contributed by atoms with E-state index in [0.29, 0.717) is 34.2 Å². The number of furan rings is 1. The maximum absolute atomic E-state index is 13.1. The molecule has 184 valence electrons. The molecule has 5 rings (SSSR count). The van der Waals surface area contributed by atoms with Crippen LogP contribution < -0.4 is 20.3 Å². The summed E-state index contributed by atoms with van der Waals surface area (Å²) >= 11 is 6.26. The molecule has 1 aliphatic rings. The molecule has 0 fully saturated rings. The van der Waals surface area contributed by atoms with E-state index in [2.05, 4.69) is 10.6 Å². The summed E-state index contributed by atoms with van der Waals surface area (Å²) in [6.45, 7) is 0.234. The first-order valence-corrected chi connectivity index (χ1v) is 11.7. The lowest BCUT2D eigenvalue weighted by Gasteiger charge is -2.16. The first-order chi connectivity index (χ1) is 18.0. The summed E-state index contributed by atoms with van der Waals surface area (Å²) in [6.07, 6.45) is 1.53. The molecule has 0 saturated heterocycles. The van der Waals surface area contributed by atoms with Crippen LogP contribution in [-0.2, 0) is 16.1 Å². The zero-order valence-corrected chi connectivity index (χ0v) is 20.1. The predicted octanol–water partition coefficient (Wildman–Crippen LogP) is 5.44. The number of benzene rings is 3. The van der Waals surface area contributed by atoms with E-state index in [9.17, 15) is 14.4 Å². The molecule has 0 radical (unpaired) electrons. The van der Waals surface area contributed by atoms with Gasteiger partial charge in [-0.3, -0.25) is 14.4 Å². The first-order valence-electron chi connectivity index (χ1n) is 11.3. The van der Waals surface area contributed by atoms with E-state index in [4.69, 9.17) is 20.8 Å². The fourth-order valence-electron chi connectivity index (χ4n) is 3.70. The minimum Gasteiger partial charge on any atom is -0.467 e. The van der Waals surface area contributed by atoms with Crippen LogP contribution in [0.3, 0.4) is 0 Å². The average molecular weight is 514 g/mol. The highest BCUT2D eigenvalue weighted by Crippen LogP contribution is 2.32. The summed E-state index contributed by atoms with van der Waals surface area (Å²) < 4.78 is 11.0. The van der Waals surface area contributed by atoms with E-state index in [1.54, 1.807) is 60.7 Å². The quantitative estimate of drug-likeness (QED) is 0.304. The standard InChI is InChI=1S/C28H20ClN3O5/c29-24-25(31-19-7-4-6-18(16-19)26(33)30-17-23-10-5-15-36-23)28(35)32(27(24)34)20-11-13-22(14-12-20)37-21-8-2-1-3-9-21/h1-16,31H,17H2,(H,30,33). The van der Waals surface area contributed by atoms with Gasteiger partial charge in [-0.15, -0.1) is 0 Å². The van der Waals surface area contributed by atoms with Crippen molar-refractivity contribution in [2.75, 3.05) is 10.2 Å². The Morgan fingerprint density at radius 3 is 2.35 bits per heavy atom. The van der Waals surface area contributed by atoms with Crippen molar-refractivity contribution in [1.82, 2.24) is 5.32 Å². The molecule has 4 aromatic rings. The summed E-state index contributed by atoms with van der Waals surface area (Å²) in [6, 6.07) is 25.8. The lowest BCUT2D eigenvalue weighted by molar-refractivity contribution is -0.120. The Morgan fingerprint density at radius 2 is 1.62 bits per heavy atom. The van der Waals surface area contributed by atoms with Gasteiger partial charge in [0.1, 0.15) is 28.0 Å². The van der Waals surface area contributed by atoms with Crippen LogP contribution in [0.5, 0.6) is 11.5 Å². The second-order valence-electron chi connectivity index (χ2n) is 8.01. The topological polar surface area (TPSA) is 101 Å². The molecule has 0 unspecified atom stereocenters. The number of amides is 3. The summed E-state index contributed by atoms with van der Waals surface area (Å²) in [5.41, 5.74) is 1.05. The second-order valence-corrected chi connectivity index (χ2v) is 8.39. The van der Waals surface area contributed by atoms with Gasteiger partial charge in [-0.25, -0.2) is 4.90 Å². The van der Waals surface area contributed by atoms with Gasteiger partial charge in [-0.2, -0.15) is 0 Å². The van der Waals surface area contributed by atoms with E-state index in [1.165, 1.54) is 6.26 Å². The number of para-hydroxylation sites is 1. The SMILES string of the molecule is O=C(NCc1ccco1)c1cccc(NC2=C(Cl)C(=O)N(c3ccc(Oc4ccccc4)cc3)C2=O)c1. The van der Waals surface area contributed by atoms with Crippen molar-refractivity contribution in [2.24, 2.45) is 0 Å². The largest absolute Gasteiger partial charge is 0.467 e. The van der Waals surface area contributed by atoms with Crippen molar-refractivity contribution in [1.29, 1.82) is 0 Å². The lowest BCUT2D eigenvalue weighted by atomic mass is 10.2. The molecule has 0 bridgehead atoms. The average Bonchev–Trinajstić information content (AvgIpc) is 3.52. The van der Waals surface area contributed by atoms with Crippen LogP contribution >= 0.6 is 11.6 Å². The van der Waals surface area contributed by atoms with Gasteiger partial charge in [-0.05, 0) is 66.7 Å². The number of hydrogen-bond donors (Lipinski definition) is 2.